The molecule has 92 valence electrons. The standard InChI is InChI=1S/C12H8FNO3S/c13-8-4-3-7-11(12(8)14(16)17)18-10-6-2-1-5-9(10)15/h1-7,15H. The minimum absolute atomic E-state index is 0.000981. The molecule has 2 rings (SSSR count). The van der Waals surface area contributed by atoms with Gasteiger partial charge >= 0.3 is 5.69 Å². The number of phenols is 1. The number of nitro benzene ring substituents is 1. The molecule has 0 bridgehead atoms. The summed E-state index contributed by atoms with van der Waals surface area (Å²) >= 11 is 0.952. The molecule has 18 heavy (non-hydrogen) atoms. The summed E-state index contributed by atoms with van der Waals surface area (Å²) in [6.45, 7) is 0. The van der Waals surface area contributed by atoms with Crippen LogP contribution in [-0.2, 0) is 0 Å². The summed E-state index contributed by atoms with van der Waals surface area (Å²) in [5.41, 5.74) is -0.578. The Hall–Kier alpha value is -2.08. The Bertz CT molecular complexity index is 604. The lowest BCUT2D eigenvalue weighted by molar-refractivity contribution is -0.390. The zero-order valence-electron chi connectivity index (χ0n) is 9.04. The van der Waals surface area contributed by atoms with Gasteiger partial charge < -0.3 is 5.11 Å². The second-order valence-corrected chi connectivity index (χ2v) is 4.50. The van der Waals surface area contributed by atoms with Crippen LogP contribution in [0.3, 0.4) is 0 Å². The molecule has 0 unspecified atom stereocenters. The van der Waals surface area contributed by atoms with E-state index in [1.807, 2.05) is 0 Å². The highest BCUT2D eigenvalue weighted by Gasteiger charge is 2.21. The highest BCUT2D eigenvalue weighted by Crippen LogP contribution is 2.39. The molecule has 2 aromatic rings. The van der Waals surface area contributed by atoms with Crippen LogP contribution in [0, 0.1) is 15.9 Å². The average Bonchev–Trinajstić information content (AvgIpc) is 2.31. The molecule has 0 atom stereocenters. The second kappa shape index (κ2) is 5.05. The molecule has 0 spiro atoms. The Morgan fingerprint density at radius 3 is 2.44 bits per heavy atom. The third-order valence-electron chi connectivity index (χ3n) is 2.22. The predicted octanol–water partition coefficient (Wildman–Crippen LogP) is 3.59. The Balaban J connectivity index is 2.44. The zero-order chi connectivity index (χ0) is 13.1. The van der Waals surface area contributed by atoms with Crippen molar-refractivity contribution in [3.63, 3.8) is 0 Å². The van der Waals surface area contributed by atoms with Crippen molar-refractivity contribution in [2.24, 2.45) is 0 Å². The molecule has 0 aliphatic rings. The minimum atomic E-state index is -0.888. The van der Waals surface area contributed by atoms with Crippen molar-refractivity contribution in [2.75, 3.05) is 0 Å². The van der Waals surface area contributed by atoms with Gasteiger partial charge in [-0.3, -0.25) is 10.1 Å². The van der Waals surface area contributed by atoms with Gasteiger partial charge in [-0.1, -0.05) is 30.0 Å². The Labute approximate surface area is 106 Å². The minimum Gasteiger partial charge on any atom is -0.507 e. The summed E-state index contributed by atoms with van der Waals surface area (Å²) in [6, 6.07) is 10.3. The van der Waals surface area contributed by atoms with Gasteiger partial charge in [-0.15, -0.1) is 0 Å². The van der Waals surface area contributed by atoms with Crippen molar-refractivity contribution in [1.29, 1.82) is 0 Å². The van der Waals surface area contributed by atoms with Crippen LogP contribution in [0.15, 0.2) is 52.3 Å². The summed E-state index contributed by atoms with van der Waals surface area (Å²) in [5.74, 6) is -0.888. The van der Waals surface area contributed by atoms with Gasteiger partial charge in [-0.05, 0) is 24.3 Å². The summed E-state index contributed by atoms with van der Waals surface area (Å²) in [6.07, 6.45) is 0. The maximum atomic E-state index is 13.4. The lowest BCUT2D eigenvalue weighted by atomic mass is 10.3. The van der Waals surface area contributed by atoms with Gasteiger partial charge in [0, 0.05) is 0 Å². The zero-order valence-corrected chi connectivity index (χ0v) is 9.86. The van der Waals surface area contributed by atoms with E-state index in [-0.39, 0.29) is 10.6 Å². The maximum absolute atomic E-state index is 13.4. The largest absolute Gasteiger partial charge is 0.507 e. The molecule has 0 aliphatic carbocycles. The molecule has 0 saturated heterocycles. The fraction of sp³-hybridized carbons (Fsp3) is 0. The number of aromatic hydroxyl groups is 1. The number of hydrogen-bond acceptors (Lipinski definition) is 4. The first-order valence-electron chi connectivity index (χ1n) is 4.98. The molecular formula is C12H8FNO3S. The molecule has 1 N–H and O–H groups in total. The van der Waals surface area contributed by atoms with E-state index >= 15 is 0 Å². The third-order valence-corrected chi connectivity index (χ3v) is 3.33. The monoisotopic (exact) mass is 265 g/mol. The average molecular weight is 265 g/mol. The van der Waals surface area contributed by atoms with E-state index < -0.39 is 16.4 Å². The van der Waals surface area contributed by atoms with Crippen molar-refractivity contribution in [2.45, 2.75) is 9.79 Å². The molecule has 0 heterocycles. The predicted molar refractivity (Wildman–Crippen MR) is 65.3 cm³/mol. The number of para-hydroxylation sites is 2. The van der Waals surface area contributed by atoms with Gasteiger partial charge in [0.15, 0.2) is 0 Å². The molecule has 4 nitrogen and oxygen atoms in total. The van der Waals surface area contributed by atoms with Crippen LogP contribution < -0.4 is 0 Å². The quantitative estimate of drug-likeness (QED) is 0.680. The summed E-state index contributed by atoms with van der Waals surface area (Å²) < 4.78 is 13.4. The summed E-state index contributed by atoms with van der Waals surface area (Å²) in [7, 11) is 0. The van der Waals surface area contributed by atoms with E-state index in [1.165, 1.54) is 18.2 Å². The topological polar surface area (TPSA) is 63.4 Å². The normalized spacial score (nSPS) is 10.3. The molecule has 0 radical (unpaired) electrons. The fourth-order valence-corrected chi connectivity index (χ4v) is 2.39. The lowest BCUT2D eigenvalue weighted by Gasteiger charge is -2.05. The van der Waals surface area contributed by atoms with Crippen LogP contribution in [0.4, 0.5) is 10.1 Å². The van der Waals surface area contributed by atoms with Crippen LogP contribution in [0.2, 0.25) is 0 Å². The molecule has 2 aromatic carbocycles. The number of nitro groups is 1. The maximum Gasteiger partial charge on any atom is 0.318 e. The van der Waals surface area contributed by atoms with E-state index in [2.05, 4.69) is 0 Å². The molecular weight excluding hydrogens is 257 g/mol. The number of benzene rings is 2. The first-order valence-corrected chi connectivity index (χ1v) is 5.80. The van der Waals surface area contributed by atoms with E-state index in [1.54, 1.807) is 18.2 Å². The van der Waals surface area contributed by atoms with E-state index in [0.717, 1.165) is 17.8 Å². The van der Waals surface area contributed by atoms with Gasteiger partial charge in [-0.25, -0.2) is 0 Å². The van der Waals surface area contributed by atoms with Gasteiger partial charge in [0.1, 0.15) is 5.75 Å². The highest BCUT2D eigenvalue weighted by molar-refractivity contribution is 7.99. The summed E-state index contributed by atoms with van der Waals surface area (Å²) in [5, 5.41) is 20.4. The first kappa shape index (κ1) is 12.4. The molecule has 0 amide bonds. The van der Waals surface area contributed by atoms with Crippen LogP contribution in [-0.4, -0.2) is 10.0 Å². The Kier molecular flexibility index (Phi) is 3.47. The summed E-state index contributed by atoms with van der Waals surface area (Å²) in [4.78, 5) is 10.6. The van der Waals surface area contributed by atoms with Crippen LogP contribution in [0.25, 0.3) is 0 Å². The van der Waals surface area contributed by atoms with E-state index in [4.69, 9.17) is 0 Å². The van der Waals surface area contributed by atoms with Crippen molar-refractivity contribution >= 4 is 17.4 Å². The Morgan fingerprint density at radius 2 is 1.78 bits per heavy atom. The molecule has 0 fully saturated rings. The molecule has 0 aliphatic heterocycles. The number of rotatable bonds is 3. The van der Waals surface area contributed by atoms with Crippen LogP contribution in [0.5, 0.6) is 5.75 Å². The number of hydrogen-bond donors (Lipinski definition) is 1. The van der Waals surface area contributed by atoms with Crippen molar-refractivity contribution in [1.82, 2.24) is 0 Å². The van der Waals surface area contributed by atoms with Crippen molar-refractivity contribution < 1.29 is 14.4 Å². The number of nitrogens with zero attached hydrogens (tertiary/aromatic N) is 1. The fourth-order valence-electron chi connectivity index (χ4n) is 1.42. The van der Waals surface area contributed by atoms with Gasteiger partial charge in [-0.2, -0.15) is 4.39 Å². The van der Waals surface area contributed by atoms with Gasteiger partial charge in [0.2, 0.25) is 5.82 Å². The highest BCUT2D eigenvalue weighted by atomic mass is 32.2. The molecule has 0 saturated carbocycles. The van der Waals surface area contributed by atoms with Gasteiger partial charge in [0.25, 0.3) is 0 Å². The molecule has 6 heteroatoms. The Morgan fingerprint density at radius 1 is 1.11 bits per heavy atom. The second-order valence-electron chi connectivity index (χ2n) is 3.41. The van der Waals surface area contributed by atoms with Crippen molar-refractivity contribution in [3.8, 4) is 5.75 Å². The van der Waals surface area contributed by atoms with Gasteiger partial charge in [0.05, 0.1) is 14.7 Å². The van der Waals surface area contributed by atoms with Crippen molar-refractivity contribution in [3.05, 3.63) is 58.4 Å². The van der Waals surface area contributed by atoms with E-state index in [0.29, 0.717) is 4.90 Å². The molecule has 0 aromatic heterocycles. The first-order chi connectivity index (χ1) is 8.59. The van der Waals surface area contributed by atoms with Crippen LogP contribution in [0.1, 0.15) is 0 Å². The number of halogens is 1. The number of phenolic OH excluding ortho intramolecular Hbond substituents is 1. The third kappa shape index (κ3) is 2.43. The smallest absolute Gasteiger partial charge is 0.318 e. The van der Waals surface area contributed by atoms with E-state index in [9.17, 15) is 19.6 Å². The SMILES string of the molecule is O=[N+]([O-])c1c(F)cccc1Sc1ccccc1O. The lowest BCUT2D eigenvalue weighted by Crippen LogP contribution is -1.94. The van der Waals surface area contributed by atoms with Crippen LogP contribution >= 0.6 is 11.8 Å².